The van der Waals surface area contributed by atoms with E-state index < -0.39 is 0 Å². The second kappa shape index (κ2) is 8.93. The molecule has 3 N–H and O–H groups in total. The number of carbonyl (C=O) groups excluding carboxylic acids is 1. The molecule has 0 aliphatic carbocycles. The minimum Gasteiger partial charge on any atom is -0.358 e. The third-order valence-corrected chi connectivity index (χ3v) is 7.73. The number of carbonyl (C=O) groups is 1. The van der Waals surface area contributed by atoms with E-state index in [-0.39, 0.29) is 11.9 Å². The van der Waals surface area contributed by atoms with Gasteiger partial charge in [0, 0.05) is 17.7 Å². The highest BCUT2D eigenvalue weighted by molar-refractivity contribution is 7.18. The summed E-state index contributed by atoms with van der Waals surface area (Å²) in [7, 11) is 0. The molecule has 0 saturated carbocycles. The number of quaternary nitrogens is 2. The van der Waals surface area contributed by atoms with E-state index in [1.54, 1.807) is 27.5 Å². The fourth-order valence-corrected chi connectivity index (χ4v) is 5.60. The smallest absolute Gasteiger partial charge is 0.245 e. The highest BCUT2D eigenvalue weighted by atomic mass is 32.1. The lowest BCUT2D eigenvalue weighted by Gasteiger charge is -2.34. The largest absolute Gasteiger partial charge is 0.358 e. The molecule has 2 aromatic rings. The number of rotatable bonds is 6. The highest BCUT2D eigenvalue weighted by Gasteiger charge is 2.28. The predicted molar refractivity (Wildman–Crippen MR) is 117 cm³/mol. The summed E-state index contributed by atoms with van der Waals surface area (Å²) >= 11 is 1.68. The molecule has 2 aliphatic heterocycles. The van der Waals surface area contributed by atoms with E-state index in [2.05, 4.69) is 29.1 Å². The maximum atomic E-state index is 13.0. The molecule has 2 saturated heterocycles. The molecule has 0 aromatic carbocycles. The summed E-state index contributed by atoms with van der Waals surface area (Å²) in [6.07, 6.45) is 4.36. The Hall–Kier alpha value is -1.77. The normalized spacial score (nSPS) is 19.8. The number of likely N-dealkylation sites (tertiary alicyclic amines) is 1. The molecule has 158 valence electrons. The first-order valence-electron chi connectivity index (χ1n) is 11.0. The van der Waals surface area contributed by atoms with Crippen molar-refractivity contribution in [2.24, 2.45) is 0 Å². The van der Waals surface area contributed by atoms with Crippen LogP contribution >= 0.6 is 11.3 Å². The van der Waals surface area contributed by atoms with E-state index in [9.17, 15) is 4.79 Å². The van der Waals surface area contributed by atoms with E-state index >= 15 is 0 Å². The number of hydrogen-bond donors (Lipinski definition) is 3. The SMILES string of the molecule is Cc1sc2ncnc(N[C@@H](C)C(=O)N3CC[NH+](CC[NH+]4CCCC4)CC3)c2c1C. The van der Waals surface area contributed by atoms with Crippen LogP contribution in [0.2, 0.25) is 0 Å². The molecule has 2 fully saturated rings. The Bertz CT molecular complexity index is 854. The lowest BCUT2D eigenvalue weighted by Crippen LogP contribution is -3.21. The van der Waals surface area contributed by atoms with Crippen LogP contribution in [0.3, 0.4) is 0 Å². The molecule has 0 unspecified atom stereocenters. The van der Waals surface area contributed by atoms with Crippen molar-refractivity contribution in [3.8, 4) is 0 Å². The van der Waals surface area contributed by atoms with Gasteiger partial charge in [-0.3, -0.25) is 4.79 Å². The van der Waals surface area contributed by atoms with Crippen molar-refractivity contribution in [1.29, 1.82) is 0 Å². The van der Waals surface area contributed by atoms with Crippen LogP contribution in [0.4, 0.5) is 5.82 Å². The zero-order chi connectivity index (χ0) is 20.4. The quantitative estimate of drug-likeness (QED) is 0.593. The van der Waals surface area contributed by atoms with Crippen molar-refractivity contribution in [2.75, 3.05) is 57.7 Å². The third-order valence-electron chi connectivity index (χ3n) is 6.61. The number of piperazine rings is 1. The minimum atomic E-state index is -0.289. The van der Waals surface area contributed by atoms with Gasteiger partial charge in [-0.25, -0.2) is 9.97 Å². The molecule has 29 heavy (non-hydrogen) atoms. The molecule has 1 atom stereocenters. The van der Waals surface area contributed by atoms with E-state index in [4.69, 9.17) is 0 Å². The topological polar surface area (TPSA) is 67.0 Å². The average molecular weight is 419 g/mol. The van der Waals surface area contributed by atoms with E-state index in [0.717, 1.165) is 42.2 Å². The fraction of sp³-hybridized carbons (Fsp3) is 0.667. The second-order valence-electron chi connectivity index (χ2n) is 8.58. The summed E-state index contributed by atoms with van der Waals surface area (Å²) in [5.41, 5.74) is 1.20. The Kier molecular flexibility index (Phi) is 6.32. The first-order valence-corrected chi connectivity index (χ1v) is 11.8. The van der Waals surface area contributed by atoms with Crippen molar-refractivity contribution < 1.29 is 14.6 Å². The number of amides is 1. The summed E-state index contributed by atoms with van der Waals surface area (Å²) in [4.78, 5) is 29.5. The summed E-state index contributed by atoms with van der Waals surface area (Å²) in [5.74, 6) is 0.945. The van der Waals surface area contributed by atoms with Crippen LogP contribution < -0.4 is 15.1 Å². The maximum absolute atomic E-state index is 13.0. The van der Waals surface area contributed by atoms with Gasteiger partial charge >= 0.3 is 0 Å². The van der Waals surface area contributed by atoms with Gasteiger partial charge in [0.05, 0.1) is 44.7 Å². The third kappa shape index (κ3) is 4.54. The Balaban J connectivity index is 1.31. The molecule has 0 bridgehead atoms. The lowest BCUT2D eigenvalue weighted by molar-refractivity contribution is -0.954. The Morgan fingerprint density at radius 3 is 2.48 bits per heavy atom. The molecule has 2 aliphatic rings. The zero-order valence-corrected chi connectivity index (χ0v) is 18.7. The number of nitrogens with zero attached hydrogens (tertiary/aromatic N) is 3. The Labute approximate surface area is 177 Å². The Morgan fingerprint density at radius 1 is 1.14 bits per heavy atom. The molecule has 8 heteroatoms. The summed E-state index contributed by atoms with van der Waals surface area (Å²) in [6.45, 7) is 15.2. The van der Waals surface area contributed by atoms with Crippen molar-refractivity contribution in [1.82, 2.24) is 14.9 Å². The number of thiophene rings is 1. The van der Waals surface area contributed by atoms with Gasteiger partial charge in [0.2, 0.25) is 5.91 Å². The summed E-state index contributed by atoms with van der Waals surface area (Å²) < 4.78 is 0. The zero-order valence-electron chi connectivity index (χ0n) is 17.9. The monoisotopic (exact) mass is 418 g/mol. The second-order valence-corrected chi connectivity index (χ2v) is 9.79. The van der Waals surface area contributed by atoms with Crippen LogP contribution in [0, 0.1) is 13.8 Å². The Morgan fingerprint density at radius 2 is 1.79 bits per heavy atom. The fourth-order valence-electron chi connectivity index (χ4n) is 4.60. The molecule has 0 spiro atoms. The van der Waals surface area contributed by atoms with Gasteiger partial charge in [-0.2, -0.15) is 0 Å². The van der Waals surface area contributed by atoms with Gasteiger partial charge in [0.15, 0.2) is 0 Å². The molecule has 2 aromatic heterocycles. The minimum absolute atomic E-state index is 0.172. The number of fused-ring (bicyclic) bond motifs is 1. The van der Waals surface area contributed by atoms with Crippen LogP contribution in [0.25, 0.3) is 10.2 Å². The molecular formula is C21H34N6OS+2. The van der Waals surface area contributed by atoms with Crippen molar-refractivity contribution in [2.45, 2.75) is 39.7 Å². The van der Waals surface area contributed by atoms with E-state index in [0.29, 0.717) is 0 Å². The predicted octanol–water partition coefficient (Wildman–Crippen LogP) is -0.486. The van der Waals surface area contributed by atoms with Gasteiger partial charge in [0.25, 0.3) is 0 Å². The van der Waals surface area contributed by atoms with Crippen LogP contribution in [0.1, 0.15) is 30.2 Å². The first kappa shape index (κ1) is 20.5. The van der Waals surface area contributed by atoms with Crippen LogP contribution in [-0.2, 0) is 4.79 Å². The van der Waals surface area contributed by atoms with Crippen molar-refractivity contribution in [3.05, 3.63) is 16.8 Å². The summed E-state index contributed by atoms with van der Waals surface area (Å²) in [6, 6.07) is -0.289. The van der Waals surface area contributed by atoms with E-state index in [1.807, 2.05) is 11.8 Å². The number of aryl methyl sites for hydroxylation is 2. The molecule has 7 nitrogen and oxygen atoms in total. The summed E-state index contributed by atoms with van der Waals surface area (Å²) in [5, 5.41) is 4.41. The molecule has 0 radical (unpaired) electrons. The van der Waals surface area contributed by atoms with Gasteiger partial charge in [0.1, 0.15) is 36.1 Å². The van der Waals surface area contributed by atoms with Crippen molar-refractivity contribution >= 4 is 33.3 Å². The standard InChI is InChI=1S/C21H32N6OS/c1-15-17(3)29-20-18(15)19(22-14-23-20)24-16(2)21(28)27-12-10-26(11-13-27)9-8-25-6-4-5-7-25/h14,16H,4-13H2,1-3H3,(H,22,23,24)/p+2/t16-/m0/s1. The average Bonchev–Trinajstić information content (AvgIpc) is 3.35. The molecule has 4 rings (SSSR count). The molecule has 1 amide bonds. The first-order chi connectivity index (χ1) is 14.0. The van der Waals surface area contributed by atoms with Crippen LogP contribution in [0.15, 0.2) is 6.33 Å². The number of hydrogen-bond acceptors (Lipinski definition) is 5. The molecular weight excluding hydrogens is 384 g/mol. The number of aromatic nitrogens is 2. The van der Waals surface area contributed by atoms with Gasteiger partial charge in [-0.05, 0) is 26.3 Å². The number of anilines is 1. The van der Waals surface area contributed by atoms with Crippen LogP contribution in [0.5, 0.6) is 0 Å². The van der Waals surface area contributed by atoms with Crippen molar-refractivity contribution in [3.63, 3.8) is 0 Å². The number of nitrogens with one attached hydrogen (secondary N) is 3. The van der Waals surface area contributed by atoms with Gasteiger partial charge < -0.3 is 20.0 Å². The lowest BCUT2D eigenvalue weighted by atomic mass is 10.2. The maximum Gasteiger partial charge on any atom is 0.245 e. The van der Waals surface area contributed by atoms with Gasteiger partial charge in [-0.1, -0.05) is 0 Å². The molecule has 4 heterocycles. The van der Waals surface area contributed by atoms with E-state index in [1.165, 1.54) is 49.5 Å². The van der Waals surface area contributed by atoms with Gasteiger partial charge in [-0.15, -0.1) is 11.3 Å². The highest BCUT2D eigenvalue weighted by Crippen LogP contribution is 2.32. The van der Waals surface area contributed by atoms with Crippen LogP contribution in [-0.4, -0.2) is 79.2 Å².